The molecule has 2 aliphatic carbocycles. The van der Waals surface area contributed by atoms with Crippen molar-refractivity contribution in [2.24, 2.45) is 17.8 Å². The van der Waals surface area contributed by atoms with E-state index in [1.165, 1.54) is 63.4 Å². The number of hydrogen-bond donors (Lipinski definition) is 0. The summed E-state index contributed by atoms with van der Waals surface area (Å²) in [5.74, 6) is 3.92. The van der Waals surface area contributed by atoms with Crippen LogP contribution >= 0.6 is 0 Å². The summed E-state index contributed by atoms with van der Waals surface area (Å²) in [6.45, 7) is 2.84. The molecule has 2 aliphatic rings. The van der Waals surface area contributed by atoms with E-state index in [0.717, 1.165) is 34.6 Å². The molecule has 0 radical (unpaired) electrons. The number of rotatable bonds is 8. The standard InChI is InChI=1S/C33H39FO/c1-2-3-7-24-10-11-28-21-29(13-12-27(28)20-24)30-16-19-32(33(34)22-30)26-14-17-31(18-15-26)35-23-25-8-5-4-6-9-25/h4-6,8-9,14-19,22,24,27-29H,2-3,7,10-13,20-21,23H2,1H3/t24?,27-,28-,29-/m1/s1. The van der Waals surface area contributed by atoms with E-state index in [1.54, 1.807) is 0 Å². The number of unbranched alkanes of at least 4 members (excludes halogenated alkanes) is 1. The first-order valence-electron chi connectivity index (χ1n) is 13.8. The Morgan fingerprint density at radius 1 is 0.829 bits per heavy atom. The van der Waals surface area contributed by atoms with Crippen LogP contribution in [0.3, 0.4) is 0 Å². The van der Waals surface area contributed by atoms with Gasteiger partial charge in [-0.05, 0) is 90.7 Å². The second-order valence-corrected chi connectivity index (χ2v) is 10.9. The Kier molecular flexibility index (Phi) is 7.86. The second kappa shape index (κ2) is 11.4. The molecule has 2 fully saturated rings. The van der Waals surface area contributed by atoms with E-state index in [1.807, 2.05) is 54.6 Å². The Morgan fingerprint density at radius 2 is 1.60 bits per heavy atom. The lowest BCUT2D eigenvalue weighted by Crippen LogP contribution is -2.30. The first kappa shape index (κ1) is 24.1. The molecule has 2 saturated carbocycles. The van der Waals surface area contributed by atoms with Gasteiger partial charge in [-0.2, -0.15) is 0 Å². The monoisotopic (exact) mass is 470 g/mol. The Hall–Kier alpha value is -2.61. The van der Waals surface area contributed by atoms with Crippen LogP contribution in [0.15, 0.2) is 72.8 Å². The normalized spacial score (nSPS) is 24.1. The van der Waals surface area contributed by atoms with Gasteiger partial charge in [0.1, 0.15) is 18.2 Å². The van der Waals surface area contributed by atoms with Gasteiger partial charge in [0.25, 0.3) is 0 Å². The molecule has 0 saturated heterocycles. The average Bonchev–Trinajstić information content (AvgIpc) is 2.91. The number of hydrogen-bond acceptors (Lipinski definition) is 1. The first-order valence-corrected chi connectivity index (χ1v) is 13.8. The summed E-state index contributed by atoms with van der Waals surface area (Å²) < 4.78 is 21.1. The molecule has 0 aliphatic heterocycles. The zero-order valence-electron chi connectivity index (χ0n) is 21.1. The Labute approximate surface area is 210 Å². The maximum atomic E-state index is 15.2. The summed E-state index contributed by atoms with van der Waals surface area (Å²) in [6, 6.07) is 23.9. The van der Waals surface area contributed by atoms with Gasteiger partial charge in [0.2, 0.25) is 0 Å². The number of benzene rings is 3. The van der Waals surface area contributed by atoms with E-state index < -0.39 is 0 Å². The van der Waals surface area contributed by atoms with Crippen molar-refractivity contribution in [1.29, 1.82) is 0 Å². The predicted octanol–water partition coefficient (Wildman–Crippen LogP) is 9.56. The Morgan fingerprint density at radius 3 is 2.37 bits per heavy atom. The van der Waals surface area contributed by atoms with Crippen LogP contribution in [0.4, 0.5) is 4.39 Å². The fourth-order valence-corrected chi connectivity index (χ4v) is 6.54. The predicted molar refractivity (Wildman–Crippen MR) is 143 cm³/mol. The molecule has 184 valence electrons. The van der Waals surface area contributed by atoms with E-state index >= 15 is 4.39 Å². The molecule has 1 unspecified atom stereocenters. The van der Waals surface area contributed by atoms with Crippen LogP contribution in [0.25, 0.3) is 11.1 Å². The minimum Gasteiger partial charge on any atom is -0.489 e. The average molecular weight is 471 g/mol. The van der Waals surface area contributed by atoms with Crippen molar-refractivity contribution in [3.8, 4) is 16.9 Å². The van der Waals surface area contributed by atoms with Crippen LogP contribution in [0.2, 0.25) is 0 Å². The van der Waals surface area contributed by atoms with E-state index in [0.29, 0.717) is 18.1 Å². The molecule has 3 aromatic rings. The molecule has 0 aromatic heterocycles. The van der Waals surface area contributed by atoms with Crippen molar-refractivity contribution in [1.82, 2.24) is 0 Å². The van der Waals surface area contributed by atoms with Gasteiger partial charge in [0, 0.05) is 5.56 Å². The molecule has 1 nitrogen and oxygen atoms in total. The van der Waals surface area contributed by atoms with Gasteiger partial charge in [-0.15, -0.1) is 0 Å². The number of fused-ring (bicyclic) bond motifs is 1. The minimum absolute atomic E-state index is 0.106. The first-order chi connectivity index (χ1) is 17.2. The van der Waals surface area contributed by atoms with Crippen LogP contribution < -0.4 is 4.74 Å². The molecule has 35 heavy (non-hydrogen) atoms. The maximum absolute atomic E-state index is 15.2. The van der Waals surface area contributed by atoms with Crippen LogP contribution in [0.5, 0.6) is 5.75 Å². The lowest BCUT2D eigenvalue weighted by atomic mass is 9.63. The maximum Gasteiger partial charge on any atom is 0.131 e. The molecule has 3 aromatic carbocycles. The highest BCUT2D eigenvalue weighted by molar-refractivity contribution is 5.65. The van der Waals surface area contributed by atoms with E-state index in [2.05, 4.69) is 25.1 Å². The minimum atomic E-state index is -0.106. The highest BCUT2D eigenvalue weighted by atomic mass is 19.1. The number of ether oxygens (including phenoxy) is 1. The van der Waals surface area contributed by atoms with Gasteiger partial charge in [0.05, 0.1) is 0 Å². The molecule has 0 heterocycles. The zero-order valence-corrected chi connectivity index (χ0v) is 21.1. The Bertz CT molecular complexity index is 1070. The third kappa shape index (κ3) is 5.97. The van der Waals surface area contributed by atoms with Crippen molar-refractivity contribution in [2.45, 2.75) is 77.2 Å². The van der Waals surface area contributed by atoms with Crippen LogP contribution in [-0.2, 0) is 6.61 Å². The highest BCUT2D eigenvalue weighted by Crippen LogP contribution is 2.48. The molecule has 4 atom stereocenters. The molecule has 0 N–H and O–H groups in total. The van der Waals surface area contributed by atoms with Crippen molar-refractivity contribution >= 4 is 0 Å². The molecule has 0 bridgehead atoms. The topological polar surface area (TPSA) is 9.23 Å². The lowest BCUT2D eigenvalue weighted by Gasteiger charge is -2.42. The second-order valence-electron chi connectivity index (χ2n) is 10.9. The van der Waals surface area contributed by atoms with Crippen molar-refractivity contribution in [2.75, 3.05) is 0 Å². The van der Waals surface area contributed by atoms with E-state index in [-0.39, 0.29) is 5.82 Å². The fraction of sp³-hybridized carbons (Fsp3) is 0.455. The third-order valence-electron chi connectivity index (χ3n) is 8.57. The third-order valence-corrected chi connectivity index (χ3v) is 8.57. The van der Waals surface area contributed by atoms with E-state index in [4.69, 9.17) is 4.74 Å². The van der Waals surface area contributed by atoms with Gasteiger partial charge in [-0.1, -0.05) is 87.2 Å². The summed E-state index contributed by atoms with van der Waals surface area (Å²) >= 11 is 0. The summed E-state index contributed by atoms with van der Waals surface area (Å²) in [4.78, 5) is 0. The Balaban J connectivity index is 1.19. The molecule has 5 rings (SSSR count). The molecule has 0 amide bonds. The summed E-state index contributed by atoms with van der Waals surface area (Å²) in [5, 5.41) is 0. The molecule has 2 heteroatoms. The quantitative estimate of drug-likeness (QED) is 0.318. The van der Waals surface area contributed by atoms with Gasteiger partial charge < -0.3 is 4.74 Å². The summed E-state index contributed by atoms with van der Waals surface area (Å²) in [6.07, 6.45) is 12.2. The van der Waals surface area contributed by atoms with Gasteiger partial charge >= 0.3 is 0 Å². The van der Waals surface area contributed by atoms with Gasteiger partial charge in [0.15, 0.2) is 0 Å². The van der Waals surface area contributed by atoms with Gasteiger partial charge in [-0.3, -0.25) is 0 Å². The SMILES string of the molecule is CCCCC1CC[C@@H]2C[C@H](c3ccc(-c4ccc(OCc5ccccc5)cc4)c(F)c3)CC[C@@H]2C1. The summed E-state index contributed by atoms with van der Waals surface area (Å²) in [7, 11) is 0. The van der Waals surface area contributed by atoms with Crippen LogP contribution in [0.1, 0.15) is 81.8 Å². The van der Waals surface area contributed by atoms with E-state index in [9.17, 15) is 0 Å². The van der Waals surface area contributed by atoms with Crippen molar-refractivity contribution < 1.29 is 9.13 Å². The van der Waals surface area contributed by atoms with Crippen molar-refractivity contribution in [3.05, 3.63) is 89.7 Å². The lowest BCUT2D eigenvalue weighted by molar-refractivity contribution is 0.113. The molecular weight excluding hydrogens is 431 g/mol. The molecular formula is C33H39FO. The fourth-order valence-electron chi connectivity index (χ4n) is 6.54. The largest absolute Gasteiger partial charge is 0.489 e. The van der Waals surface area contributed by atoms with Crippen LogP contribution in [-0.4, -0.2) is 0 Å². The number of halogens is 1. The smallest absolute Gasteiger partial charge is 0.131 e. The summed E-state index contributed by atoms with van der Waals surface area (Å²) in [5.41, 5.74) is 3.90. The highest BCUT2D eigenvalue weighted by Gasteiger charge is 2.35. The van der Waals surface area contributed by atoms with Crippen molar-refractivity contribution in [3.63, 3.8) is 0 Å². The zero-order chi connectivity index (χ0) is 24.0. The van der Waals surface area contributed by atoms with Crippen LogP contribution in [0, 0.1) is 23.6 Å². The van der Waals surface area contributed by atoms with Gasteiger partial charge in [-0.25, -0.2) is 4.39 Å². The molecule has 0 spiro atoms.